The molecule has 8 heteroatoms. The quantitative estimate of drug-likeness (QED) is 0.613. The van der Waals surface area contributed by atoms with Crippen molar-refractivity contribution < 1.29 is 14.5 Å². The first-order chi connectivity index (χ1) is 13.0. The fraction of sp³-hybridized carbons (Fsp3) is 0.263. The molecule has 2 aromatic carbocycles. The minimum atomic E-state index is -0.473. The largest absolute Gasteiger partial charge is 0.335 e. The molecule has 2 aliphatic heterocycles. The molecule has 2 saturated heterocycles. The normalized spacial score (nSPS) is 19.4. The van der Waals surface area contributed by atoms with Gasteiger partial charge in [-0.05, 0) is 17.7 Å². The average molecular weight is 366 g/mol. The molecule has 138 valence electrons. The number of nitrogens with zero attached hydrogens (tertiary/aromatic N) is 4. The maximum Gasteiger partial charge on any atom is 0.325 e. The van der Waals surface area contributed by atoms with Gasteiger partial charge in [-0.25, -0.2) is 4.79 Å². The number of hydrogen-bond acceptors (Lipinski definition) is 4. The Hall–Kier alpha value is -3.42. The number of carbonyl (C=O) groups is 2. The van der Waals surface area contributed by atoms with Gasteiger partial charge in [0, 0.05) is 37.5 Å². The van der Waals surface area contributed by atoms with E-state index in [1.54, 1.807) is 26.8 Å². The summed E-state index contributed by atoms with van der Waals surface area (Å²) < 4.78 is 0. The Bertz CT molecular complexity index is 884. The highest BCUT2D eigenvalue weighted by atomic mass is 16.6. The number of nitro groups is 1. The van der Waals surface area contributed by atoms with Crippen LogP contribution in [-0.2, 0) is 11.3 Å². The minimum Gasteiger partial charge on any atom is -0.335 e. The van der Waals surface area contributed by atoms with Gasteiger partial charge in [0.1, 0.15) is 6.54 Å². The molecule has 2 heterocycles. The molecule has 0 N–H and O–H groups in total. The molecule has 2 fully saturated rings. The van der Waals surface area contributed by atoms with E-state index < -0.39 is 4.92 Å². The summed E-state index contributed by atoms with van der Waals surface area (Å²) in [5.74, 6) is -0.0750. The first-order valence-electron chi connectivity index (χ1n) is 8.67. The number of piperazine rings is 1. The fourth-order valence-electron chi connectivity index (χ4n) is 3.58. The lowest BCUT2D eigenvalue weighted by Crippen LogP contribution is -2.54. The fourth-order valence-corrected chi connectivity index (χ4v) is 3.58. The van der Waals surface area contributed by atoms with Gasteiger partial charge in [-0.3, -0.25) is 19.8 Å². The summed E-state index contributed by atoms with van der Waals surface area (Å²) in [5.41, 5.74) is 1.63. The number of urea groups is 1. The summed E-state index contributed by atoms with van der Waals surface area (Å²) in [7, 11) is 0. The lowest BCUT2D eigenvalue weighted by atomic mass is 10.1. The zero-order valence-corrected chi connectivity index (χ0v) is 14.5. The molecule has 0 spiro atoms. The van der Waals surface area contributed by atoms with E-state index in [1.165, 1.54) is 12.1 Å². The van der Waals surface area contributed by atoms with Crippen LogP contribution in [-0.4, -0.2) is 52.3 Å². The van der Waals surface area contributed by atoms with Gasteiger partial charge < -0.3 is 9.80 Å². The number of non-ortho nitro benzene ring substituents is 1. The molecule has 4 rings (SSSR count). The van der Waals surface area contributed by atoms with E-state index >= 15 is 0 Å². The number of fused-ring (bicyclic) bond motifs is 1. The van der Waals surface area contributed by atoms with Crippen molar-refractivity contribution in [1.29, 1.82) is 0 Å². The van der Waals surface area contributed by atoms with E-state index in [4.69, 9.17) is 0 Å². The van der Waals surface area contributed by atoms with Crippen molar-refractivity contribution in [3.63, 3.8) is 0 Å². The van der Waals surface area contributed by atoms with Gasteiger partial charge >= 0.3 is 6.03 Å². The van der Waals surface area contributed by atoms with Crippen molar-refractivity contribution in [2.45, 2.75) is 12.6 Å². The van der Waals surface area contributed by atoms with Gasteiger partial charge in [0.05, 0.1) is 11.0 Å². The topological polar surface area (TPSA) is 87.0 Å². The molecule has 1 atom stereocenters. The van der Waals surface area contributed by atoms with Crippen LogP contribution in [0.2, 0.25) is 0 Å². The van der Waals surface area contributed by atoms with Gasteiger partial charge in [0.25, 0.3) is 5.69 Å². The molecule has 2 aliphatic rings. The standard InChI is InChI=1S/C19H18N4O4/c24-18-13-22-17(11-20(18)10-14-4-2-1-3-5-14)12-21(19(22)25)15-6-8-16(9-7-15)23(26)27/h1-9,17H,10-13H2. The Morgan fingerprint density at radius 2 is 1.70 bits per heavy atom. The second-order valence-corrected chi connectivity index (χ2v) is 6.71. The van der Waals surface area contributed by atoms with Crippen molar-refractivity contribution in [2.75, 3.05) is 24.5 Å². The molecule has 2 aromatic rings. The molecule has 27 heavy (non-hydrogen) atoms. The highest BCUT2D eigenvalue weighted by molar-refractivity contribution is 5.97. The second kappa shape index (κ2) is 6.71. The summed E-state index contributed by atoms with van der Waals surface area (Å²) in [4.78, 5) is 40.5. The Balaban J connectivity index is 1.49. The number of hydrogen-bond donors (Lipinski definition) is 0. The molecule has 3 amide bonds. The number of amides is 3. The van der Waals surface area contributed by atoms with Gasteiger partial charge in [-0.1, -0.05) is 30.3 Å². The van der Waals surface area contributed by atoms with Crippen LogP contribution in [0.15, 0.2) is 54.6 Å². The zero-order chi connectivity index (χ0) is 19.0. The molecule has 0 radical (unpaired) electrons. The number of carbonyl (C=O) groups excluding carboxylic acids is 2. The summed E-state index contributed by atoms with van der Waals surface area (Å²) in [5, 5.41) is 10.8. The van der Waals surface area contributed by atoms with Crippen LogP contribution in [0.5, 0.6) is 0 Å². The van der Waals surface area contributed by atoms with Crippen LogP contribution in [0.3, 0.4) is 0 Å². The maximum absolute atomic E-state index is 12.7. The van der Waals surface area contributed by atoms with Crippen LogP contribution in [0.25, 0.3) is 0 Å². The molecule has 0 aromatic heterocycles. The van der Waals surface area contributed by atoms with E-state index in [9.17, 15) is 19.7 Å². The van der Waals surface area contributed by atoms with E-state index in [2.05, 4.69) is 0 Å². The number of rotatable bonds is 4. The van der Waals surface area contributed by atoms with Gasteiger partial charge in [0.2, 0.25) is 5.91 Å². The Morgan fingerprint density at radius 1 is 1.00 bits per heavy atom. The first kappa shape index (κ1) is 17.0. The highest BCUT2D eigenvalue weighted by Crippen LogP contribution is 2.28. The molecular formula is C19H18N4O4. The molecule has 1 unspecified atom stereocenters. The Morgan fingerprint density at radius 3 is 2.37 bits per heavy atom. The van der Waals surface area contributed by atoms with Crippen LogP contribution in [0.1, 0.15) is 5.56 Å². The summed E-state index contributed by atoms with van der Waals surface area (Å²) >= 11 is 0. The Labute approximate surface area is 155 Å². The van der Waals surface area contributed by atoms with Crippen molar-refractivity contribution in [2.24, 2.45) is 0 Å². The second-order valence-electron chi connectivity index (χ2n) is 6.71. The maximum atomic E-state index is 12.7. The molecule has 0 saturated carbocycles. The lowest BCUT2D eigenvalue weighted by molar-refractivity contribution is -0.384. The number of nitro benzene ring substituents is 1. The van der Waals surface area contributed by atoms with E-state index in [-0.39, 0.29) is 30.2 Å². The van der Waals surface area contributed by atoms with E-state index in [0.29, 0.717) is 25.3 Å². The first-order valence-corrected chi connectivity index (χ1v) is 8.67. The SMILES string of the molecule is O=C1CN2C(=O)N(c3ccc([N+](=O)[O-])cc3)CC2CN1Cc1ccccc1. The monoisotopic (exact) mass is 366 g/mol. The number of benzene rings is 2. The third-order valence-electron chi connectivity index (χ3n) is 4.99. The van der Waals surface area contributed by atoms with Crippen LogP contribution in [0.4, 0.5) is 16.2 Å². The van der Waals surface area contributed by atoms with Crippen LogP contribution in [0, 0.1) is 10.1 Å². The van der Waals surface area contributed by atoms with Crippen molar-refractivity contribution in [3.05, 3.63) is 70.3 Å². The van der Waals surface area contributed by atoms with Crippen molar-refractivity contribution in [3.8, 4) is 0 Å². The van der Waals surface area contributed by atoms with Crippen molar-refractivity contribution >= 4 is 23.3 Å². The summed E-state index contributed by atoms with van der Waals surface area (Å²) in [6, 6.07) is 15.3. The molecule has 0 bridgehead atoms. The molecule has 8 nitrogen and oxygen atoms in total. The minimum absolute atomic E-state index is 0.0210. The van der Waals surface area contributed by atoms with E-state index in [0.717, 1.165) is 5.56 Å². The van der Waals surface area contributed by atoms with Gasteiger partial charge in [0.15, 0.2) is 0 Å². The molecule has 0 aliphatic carbocycles. The lowest BCUT2D eigenvalue weighted by Gasteiger charge is -2.36. The predicted octanol–water partition coefficient (Wildman–Crippen LogP) is 2.25. The smallest absolute Gasteiger partial charge is 0.325 e. The summed E-state index contributed by atoms with van der Waals surface area (Å²) in [6.07, 6.45) is 0. The average Bonchev–Trinajstić information content (AvgIpc) is 2.99. The Kier molecular flexibility index (Phi) is 4.23. The summed E-state index contributed by atoms with van der Waals surface area (Å²) in [6.45, 7) is 1.51. The third kappa shape index (κ3) is 3.21. The van der Waals surface area contributed by atoms with Crippen molar-refractivity contribution in [1.82, 2.24) is 9.80 Å². The zero-order valence-electron chi connectivity index (χ0n) is 14.5. The van der Waals surface area contributed by atoms with Gasteiger partial charge in [-0.2, -0.15) is 0 Å². The van der Waals surface area contributed by atoms with Crippen LogP contribution < -0.4 is 4.90 Å². The van der Waals surface area contributed by atoms with Gasteiger partial charge in [-0.15, -0.1) is 0 Å². The molecular weight excluding hydrogens is 348 g/mol. The third-order valence-corrected chi connectivity index (χ3v) is 4.99. The number of anilines is 1. The predicted molar refractivity (Wildman–Crippen MR) is 98.2 cm³/mol. The van der Waals surface area contributed by atoms with E-state index in [1.807, 2.05) is 30.3 Å². The van der Waals surface area contributed by atoms with Crippen LogP contribution >= 0.6 is 0 Å². The highest BCUT2D eigenvalue weighted by Gasteiger charge is 2.43.